The van der Waals surface area contributed by atoms with Crippen molar-refractivity contribution in [3.05, 3.63) is 45.6 Å². The van der Waals surface area contributed by atoms with Crippen molar-refractivity contribution in [2.24, 2.45) is 0 Å². The van der Waals surface area contributed by atoms with E-state index in [0.29, 0.717) is 22.0 Å². The number of nitrogens with one attached hydrogen (secondary N) is 1. The van der Waals surface area contributed by atoms with Gasteiger partial charge < -0.3 is 11.1 Å². The van der Waals surface area contributed by atoms with Crippen molar-refractivity contribution in [2.75, 3.05) is 11.1 Å². The summed E-state index contributed by atoms with van der Waals surface area (Å²) in [5, 5.41) is 6.87. The number of nitrogen functional groups attached to an aromatic ring is 1. The predicted octanol–water partition coefficient (Wildman–Crippen LogP) is 3.24. The zero-order chi connectivity index (χ0) is 11.5. The minimum atomic E-state index is -0.185. The fraction of sp³-hybridized carbons (Fsp3) is 0. The highest BCUT2D eigenvalue weighted by Gasteiger charge is 2.08. The molecule has 0 aliphatic carbocycles. The molecule has 1 heterocycles. The summed E-state index contributed by atoms with van der Waals surface area (Å²) in [5.74, 6) is -0.185. The molecule has 0 unspecified atom stereocenters. The number of hydrogen-bond donors (Lipinski definition) is 2. The van der Waals surface area contributed by atoms with Crippen LogP contribution in [0, 0.1) is 0 Å². The molecule has 0 fully saturated rings. The maximum Gasteiger partial charge on any atom is 0.256 e. The van der Waals surface area contributed by atoms with Crippen molar-refractivity contribution in [1.29, 1.82) is 0 Å². The molecule has 0 spiro atoms. The first-order valence-corrected chi connectivity index (χ1v) is 5.87. The van der Waals surface area contributed by atoms with Gasteiger partial charge in [0, 0.05) is 10.4 Å². The highest BCUT2D eigenvalue weighted by molar-refractivity contribution is 7.08. The first-order valence-electron chi connectivity index (χ1n) is 4.55. The quantitative estimate of drug-likeness (QED) is 0.807. The molecular weight excluding hydrogens is 244 g/mol. The van der Waals surface area contributed by atoms with E-state index in [1.165, 1.54) is 11.3 Å². The topological polar surface area (TPSA) is 55.1 Å². The Kier molecular flexibility index (Phi) is 3.12. The van der Waals surface area contributed by atoms with Gasteiger partial charge in [0.15, 0.2) is 0 Å². The van der Waals surface area contributed by atoms with Gasteiger partial charge in [0.2, 0.25) is 0 Å². The molecule has 5 heteroatoms. The molecule has 2 rings (SSSR count). The SMILES string of the molecule is Nc1ccc(Cl)cc1NC(=O)c1ccsc1. The summed E-state index contributed by atoms with van der Waals surface area (Å²) in [4.78, 5) is 11.7. The summed E-state index contributed by atoms with van der Waals surface area (Å²) in [5.41, 5.74) is 7.36. The van der Waals surface area contributed by atoms with E-state index in [9.17, 15) is 4.79 Å². The normalized spacial score (nSPS) is 10.1. The van der Waals surface area contributed by atoms with Crippen molar-refractivity contribution in [3.8, 4) is 0 Å². The Bertz CT molecular complexity index is 511. The van der Waals surface area contributed by atoms with E-state index in [-0.39, 0.29) is 5.91 Å². The Hall–Kier alpha value is -1.52. The largest absolute Gasteiger partial charge is 0.397 e. The van der Waals surface area contributed by atoms with Crippen LogP contribution in [-0.2, 0) is 0 Å². The Morgan fingerprint density at radius 3 is 2.88 bits per heavy atom. The van der Waals surface area contributed by atoms with E-state index >= 15 is 0 Å². The lowest BCUT2D eigenvalue weighted by atomic mass is 10.2. The zero-order valence-electron chi connectivity index (χ0n) is 8.24. The second-order valence-corrected chi connectivity index (χ2v) is 4.41. The number of rotatable bonds is 2. The molecule has 0 radical (unpaired) electrons. The molecule has 1 amide bonds. The van der Waals surface area contributed by atoms with E-state index in [0.717, 1.165) is 0 Å². The third-order valence-electron chi connectivity index (χ3n) is 2.05. The molecule has 0 bridgehead atoms. The van der Waals surface area contributed by atoms with E-state index in [2.05, 4.69) is 5.32 Å². The fourth-order valence-electron chi connectivity index (χ4n) is 1.22. The summed E-state index contributed by atoms with van der Waals surface area (Å²) in [6.45, 7) is 0. The van der Waals surface area contributed by atoms with Crippen LogP contribution in [0.25, 0.3) is 0 Å². The molecule has 3 nitrogen and oxygen atoms in total. The van der Waals surface area contributed by atoms with Crippen molar-refractivity contribution in [3.63, 3.8) is 0 Å². The van der Waals surface area contributed by atoms with Crippen molar-refractivity contribution in [1.82, 2.24) is 0 Å². The Labute approximate surface area is 102 Å². The lowest BCUT2D eigenvalue weighted by Gasteiger charge is -2.07. The third kappa shape index (κ3) is 2.35. The Morgan fingerprint density at radius 2 is 2.19 bits per heavy atom. The standard InChI is InChI=1S/C11H9ClN2OS/c12-8-1-2-9(13)10(5-8)14-11(15)7-3-4-16-6-7/h1-6H,13H2,(H,14,15). The lowest BCUT2D eigenvalue weighted by molar-refractivity contribution is 0.102. The summed E-state index contributed by atoms with van der Waals surface area (Å²) in [6, 6.07) is 6.71. The average molecular weight is 253 g/mol. The number of benzene rings is 1. The van der Waals surface area contributed by atoms with E-state index in [4.69, 9.17) is 17.3 Å². The van der Waals surface area contributed by atoms with Gasteiger partial charge in [-0.25, -0.2) is 0 Å². The van der Waals surface area contributed by atoms with Gasteiger partial charge in [-0.2, -0.15) is 11.3 Å². The highest BCUT2D eigenvalue weighted by atomic mass is 35.5. The number of hydrogen-bond acceptors (Lipinski definition) is 3. The molecule has 1 aromatic carbocycles. The van der Waals surface area contributed by atoms with E-state index in [1.54, 1.807) is 29.6 Å². The molecule has 16 heavy (non-hydrogen) atoms. The van der Waals surface area contributed by atoms with Crippen LogP contribution in [-0.4, -0.2) is 5.91 Å². The first-order chi connectivity index (χ1) is 7.66. The smallest absolute Gasteiger partial charge is 0.256 e. The number of carbonyl (C=O) groups excluding carboxylic acids is 1. The molecular formula is C11H9ClN2OS. The summed E-state index contributed by atoms with van der Waals surface area (Å²) >= 11 is 7.29. The number of anilines is 2. The number of thiophene rings is 1. The third-order valence-corrected chi connectivity index (χ3v) is 2.97. The van der Waals surface area contributed by atoms with E-state index < -0.39 is 0 Å². The molecule has 0 aliphatic heterocycles. The molecule has 0 saturated heterocycles. The van der Waals surface area contributed by atoms with Gasteiger partial charge >= 0.3 is 0 Å². The minimum Gasteiger partial charge on any atom is -0.397 e. The Morgan fingerprint density at radius 1 is 1.38 bits per heavy atom. The van der Waals surface area contributed by atoms with Crippen molar-refractivity contribution < 1.29 is 4.79 Å². The second kappa shape index (κ2) is 4.55. The van der Waals surface area contributed by atoms with Gasteiger partial charge in [0.25, 0.3) is 5.91 Å². The van der Waals surface area contributed by atoms with Gasteiger partial charge in [-0.05, 0) is 29.6 Å². The van der Waals surface area contributed by atoms with Crippen LogP contribution in [0.2, 0.25) is 5.02 Å². The summed E-state index contributed by atoms with van der Waals surface area (Å²) in [7, 11) is 0. The first kappa shape index (κ1) is 11.0. The second-order valence-electron chi connectivity index (χ2n) is 3.20. The van der Waals surface area contributed by atoms with Crippen LogP contribution in [0.5, 0.6) is 0 Å². The van der Waals surface area contributed by atoms with Crippen LogP contribution >= 0.6 is 22.9 Å². The monoisotopic (exact) mass is 252 g/mol. The summed E-state index contributed by atoms with van der Waals surface area (Å²) < 4.78 is 0. The Balaban J connectivity index is 2.21. The average Bonchev–Trinajstić information content (AvgIpc) is 2.76. The van der Waals surface area contributed by atoms with Crippen LogP contribution in [0.15, 0.2) is 35.0 Å². The number of halogens is 1. The number of nitrogens with two attached hydrogens (primary N) is 1. The number of amides is 1. The number of carbonyl (C=O) groups is 1. The molecule has 0 atom stereocenters. The molecule has 0 aliphatic rings. The highest BCUT2D eigenvalue weighted by Crippen LogP contribution is 2.23. The molecule has 2 aromatic rings. The van der Waals surface area contributed by atoms with Gasteiger partial charge in [-0.1, -0.05) is 11.6 Å². The lowest BCUT2D eigenvalue weighted by Crippen LogP contribution is -2.12. The van der Waals surface area contributed by atoms with Crippen molar-refractivity contribution >= 4 is 40.2 Å². The molecule has 3 N–H and O–H groups in total. The van der Waals surface area contributed by atoms with Gasteiger partial charge in [0.1, 0.15) is 0 Å². The minimum absolute atomic E-state index is 0.185. The van der Waals surface area contributed by atoms with Crippen molar-refractivity contribution in [2.45, 2.75) is 0 Å². The zero-order valence-corrected chi connectivity index (χ0v) is 9.81. The van der Waals surface area contributed by atoms with Gasteiger partial charge in [-0.15, -0.1) is 0 Å². The summed E-state index contributed by atoms with van der Waals surface area (Å²) in [6.07, 6.45) is 0. The molecule has 0 saturated carbocycles. The van der Waals surface area contributed by atoms with Crippen LogP contribution in [0.1, 0.15) is 10.4 Å². The van der Waals surface area contributed by atoms with Crippen LogP contribution in [0.4, 0.5) is 11.4 Å². The van der Waals surface area contributed by atoms with E-state index in [1.807, 2.05) is 5.38 Å². The molecule has 82 valence electrons. The van der Waals surface area contributed by atoms with Gasteiger partial charge in [0.05, 0.1) is 16.9 Å². The molecule has 1 aromatic heterocycles. The maximum atomic E-state index is 11.7. The predicted molar refractivity (Wildman–Crippen MR) is 68.1 cm³/mol. The maximum absolute atomic E-state index is 11.7. The van der Waals surface area contributed by atoms with Crippen LogP contribution < -0.4 is 11.1 Å². The van der Waals surface area contributed by atoms with Crippen LogP contribution in [0.3, 0.4) is 0 Å². The van der Waals surface area contributed by atoms with Gasteiger partial charge in [-0.3, -0.25) is 4.79 Å². The fourth-order valence-corrected chi connectivity index (χ4v) is 2.03.